The Hall–Kier alpha value is -3.04. The molecule has 1 fully saturated rings. The first kappa shape index (κ1) is 23.6. The molecule has 3 rings (SSSR count). The van der Waals surface area contributed by atoms with Crippen LogP contribution in [0.4, 0.5) is 24.9 Å². The smallest absolute Gasteiger partial charge is 0.419 e. The van der Waals surface area contributed by atoms with Crippen LogP contribution in [0.3, 0.4) is 0 Å². The Labute approximate surface area is 185 Å². The third kappa shape index (κ3) is 5.80. The number of nitrogens with one attached hydrogen (secondary N) is 2. The van der Waals surface area contributed by atoms with E-state index in [0.29, 0.717) is 18.8 Å². The number of benzene rings is 1. The monoisotopic (exact) mass is 451 g/mol. The van der Waals surface area contributed by atoms with Crippen LogP contribution in [0.5, 0.6) is 5.75 Å². The van der Waals surface area contributed by atoms with Gasteiger partial charge in [0.05, 0.1) is 12.7 Å². The summed E-state index contributed by atoms with van der Waals surface area (Å²) >= 11 is 0. The molecule has 1 aromatic carbocycles. The number of carbonyl (C=O) groups excluding carboxylic acids is 1. The van der Waals surface area contributed by atoms with Gasteiger partial charge in [-0.3, -0.25) is 4.79 Å². The van der Waals surface area contributed by atoms with Crippen molar-refractivity contribution in [1.82, 2.24) is 15.3 Å². The van der Waals surface area contributed by atoms with Crippen molar-refractivity contribution in [3.05, 3.63) is 41.1 Å². The molecule has 7 nitrogen and oxygen atoms in total. The van der Waals surface area contributed by atoms with Gasteiger partial charge in [0.2, 0.25) is 5.95 Å². The summed E-state index contributed by atoms with van der Waals surface area (Å²) in [6, 6.07) is 5.31. The van der Waals surface area contributed by atoms with Crippen LogP contribution in [-0.4, -0.2) is 49.2 Å². The number of methoxy groups -OCH3 is 1. The molecule has 1 aliphatic carbocycles. The van der Waals surface area contributed by atoms with E-state index < -0.39 is 17.6 Å². The second-order valence-corrected chi connectivity index (χ2v) is 8.16. The predicted molar refractivity (Wildman–Crippen MR) is 116 cm³/mol. The third-order valence-electron chi connectivity index (χ3n) is 5.46. The zero-order valence-electron chi connectivity index (χ0n) is 18.6. The van der Waals surface area contributed by atoms with Gasteiger partial charge in [-0.05, 0) is 50.8 Å². The Morgan fingerprint density at radius 2 is 1.75 bits per heavy atom. The largest absolute Gasteiger partial charge is 0.496 e. The average molecular weight is 451 g/mol. The van der Waals surface area contributed by atoms with E-state index in [1.807, 2.05) is 32.0 Å². The summed E-state index contributed by atoms with van der Waals surface area (Å²) in [6.45, 7) is 1.91. The van der Waals surface area contributed by atoms with Gasteiger partial charge in [0.25, 0.3) is 5.91 Å². The minimum atomic E-state index is -4.60. The van der Waals surface area contributed by atoms with E-state index in [1.54, 1.807) is 0 Å². The lowest BCUT2D eigenvalue weighted by molar-refractivity contribution is -0.138. The van der Waals surface area contributed by atoms with Gasteiger partial charge in [0, 0.05) is 43.5 Å². The fourth-order valence-corrected chi connectivity index (χ4v) is 3.75. The van der Waals surface area contributed by atoms with E-state index in [4.69, 9.17) is 4.74 Å². The lowest BCUT2D eigenvalue weighted by Gasteiger charge is -2.30. The summed E-state index contributed by atoms with van der Waals surface area (Å²) in [7, 11) is 5.00. The van der Waals surface area contributed by atoms with Crippen molar-refractivity contribution in [2.75, 3.05) is 31.4 Å². The number of aryl methyl sites for hydroxylation is 1. The first-order chi connectivity index (χ1) is 15.1. The molecule has 1 heterocycles. The van der Waals surface area contributed by atoms with Crippen molar-refractivity contribution in [2.45, 2.75) is 50.9 Å². The van der Waals surface area contributed by atoms with Gasteiger partial charge in [0.1, 0.15) is 11.6 Å². The minimum Gasteiger partial charge on any atom is -0.496 e. The Balaban J connectivity index is 1.58. The zero-order valence-corrected chi connectivity index (χ0v) is 18.6. The molecule has 0 bridgehead atoms. The summed E-state index contributed by atoms with van der Waals surface area (Å²) in [5.74, 6) is 0.557. The van der Waals surface area contributed by atoms with Gasteiger partial charge in [0.15, 0.2) is 0 Å². The molecule has 2 aromatic rings. The fourth-order valence-electron chi connectivity index (χ4n) is 3.75. The summed E-state index contributed by atoms with van der Waals surface area (Å²) in [6.07, 6.45) is -1.61. The van der Waals surface area contributed by atoms with Crippen molar-refractivity contribution in [3.8, 4) is 5.75 Å². The normalized spacial score (nSPS) is 18.7. The number of amides is 1. The number of anilines is 2. The van der Waals surface area contributed by atoms with E-state index in [-0.39, 0.29) is 23.4 Å². The van der Waals surface area contributed by atoms with Crippen molar-refractivity contribution in [1.29, 1.82) is 0 Å². The number of ether oxygens (including phenoxy) is 1. The number of nitrogens with zero attached hydrogens (tertiary/aromatic N) is 3. The standard InChI is InChI=1S/C22H28F3N5O2/c1-13-11-19(30(2)3)29-21(26-13)28-16-8-6-15(7-9-16)27-20(31)14-5-10-18(32-4)17(12-14)22(23,24)25/h5,10-12,15-16H,6-9H2,1-4H3,(H,27,31)(H,26,28,29)/t15-,16+. The SMILES string of the molecule is COc1ccc(C(=O)N[C@H]2CC[C@@H](Nc3nc(C)cc(N(C)C)n3)CC2)cc1C(F)(F)F. The van der Waals surface area contributed by atoms with Crippen LogP contribution in [0.15, 0.2) is 24.3 Å². The summed E-state index contributed by atoms with van der Waals surface area (Å²) < 4.78 is 44.4. The Morgan fingerprint density at radius 3 is 2.34 bits per heavy atom. The molecule has 32 heavy (non-hydrogen) atoms. The molecule has 0 aliphatic heterocycles. The molecule has 1 saturated carbocycles. The molecule has 0 radical (unpaired) electrons. The lowest BCUT2D eigenvalue weighted by Crippen LogP contribution is -2.40. The molecular weight excluding hydrogens is 423 g/mol. The maximum absolute atomic E-state index is 13.2. The highest BCUT2D eigenvalue weighted by molar-refractivity contribution is 5.94. The molecule has 2 N–H and O–H groups in total. The van der Waals surface area contributed by atoms with E-state index in [9.17, 15) is 18.0 Å². The molecular formula is C22H28F3N5O2. The molecule has 1 aliphatic rings. The first-order valence-corrected chi connectivity index (χ1v) is 10.4. The topological polar surface area (TPSA) is 79.4 Å². The number of halogens is 3. The number of hydrogen-bond donors (Lipinski definition) is 2. The second kappa shape index (κ2) is 9.62. The lowest BCUT2D eigenvalue weighted by atomic mass is 9.91. The van der Waals surface area contributed by atoms with Gasteiger partial charge in [-0.25, -0.2) is 4.98 Å². The number of aromatic nitrogens is 2. The van der Waals surface area contributed by atoms with Crippen LogP contribution in [0.2, 0.25) is 0 Å². The Kier molecular flexibility index (Phi) is 7.10. The Bertz CT molecular complexity index is 957. The molecule has 0 unspecified atom stereocenters. The number of rotatable bonds is 6. The van der Waals surface area contributed by atoms with Crippen molar-refractivity contribution < 1.29 is 22.7 Å². The van der Waals surface area contributed by atoms with Gasteiger partial charge < -0.3 is 20.3 Å². The van der Waals surface area contributed by atoms with Gasteiger partial charge >= 0.3 is 6.18 Å². The van der Waals surface area contributed by atoms with Gasteiger partial charge in [-0.1, -0.05) is 0 Å². The molecule has 0 spiro atoms. The number of hydrogen-bond acceptors (Lipinski definition) is 6. The summed E-state index contributed by atoms with van der Waals surface area (Å²) in [4.78, 5) is 23.4. The maximum Gasteiger partial charge on any atom is 0.419 e. The van der Waals surface area contributed by atoms with E-state index >= 15 is 0 Å². The quantitative estimate of drug-likeness (QED) is 0.691. The van der Waals surface area contributed by atoms with Crippen LogP contribution in [-0.2, 0) is 6.18 Å². The highest BCUT2D eigenvalue weighted by Gasteiger charge is 2.35. The van der Waals surface area contributed by atoms with Gasteiger partial charge in [-0.15, -0.1) is 0 Å². The minimum absolute atomic E-state index is 0.0391. The number of carbonyl (C=O) groups is 1. The van der Waals surface area contributed by atoms with Crippen LogP contribution in [0.1, 0.15) is 47.3 Å². The van der Waals surface area contributed by atoms with Crippen molar-refractivity contribution in [3.63, 3.8) is 0 Å². The molecule has 1 aromatic heterocycles. The third-order valence-corrected chi connectivity index (χ3v) is 5.46. The summed E-state index contributed by atoms with van der Waals surface area (Å²) in [5, 5.41) is 6.21. The van der Waals surface area contributed by atoms with Crippen molar-refractivity contribution >= 4 is 17.7 Å². The average Bonchev–Trinajstić information content (AvgIpc) is 2.73. The van der Waals surface area contributed by atoms with Crippen LogP contribution < -0.4 is 20.3 Å². The molecule has 0 saturated heterocycles. The maximum atomic E-state index is 13.2. The van der Waals surface area contributed by atoms with E-state index in [0.717, 1.165) is 30.4 Å². The first-order valence-electron chi connectivity index (χ1n) is 10.4. The Morgan fingerprint density at radius 1 is 1.09 bits per heavy atom. The zero-order chi connectivity index (χ0) is 23.5. The van der Waals surface area contributed by atoms with Crippen LogP contribution in [0, 0.1) is 6.92 Å². The summed E-state index contributed by atoms with van der Waals surface area (Å²) in [5.41, 5.74) is -0.136. The van der Waals surface area contributed by atoms with E-state index in [2.05, 4.69) is 20.6 Å². The predicted octanol–water partition coefficient (Wildman–Crippen LogP) is 4.03. The molecule has 1 amide bonds. The fraction of sp³-hybridized carbons (Fsp3) is 0.500. The van der Waals surface area contributed by atoms with Crippen LogP contribution in [0.25, 0.3) is 0 Å². The second-order valence-electron chi connectivity index (χ2n) is 8.16. The molecule has 0 atom stereocenters. The highest BCUT2D eigenvalue weighted by atomic mass is 19.4. The van der Waals surface area contributed by atoms with Crippen LogP contribution >= 0.6 is 0 Å². The van der Waals surface area contributed by atoms with Crippen molar-refractivity contribution in [2.24, 2.45) is 0 Å². The molecule has 10 heteroatoms. The van der Waals surface area contributed by atoms with Gasteiger partial charge in [-0.2, -0.15) is 18.2 Å². The highest BCUT2D eigenvalue weighted by Crippen LogP contribution is 2.36. The number of alkyl halides is 3. The van der Waals surface area contributed by atoms with E-state index in [1.165, 1.54) is 19.2 Å². The molecule has 174 valence electrons.